The van der Waals surface area contributed by atoms with Gasteiger partial charge in [0, 0.05) is 18.0 Å². The highest BCUT2D eigenvalue weighted by Gasteiger charge is 2.38. The van der Waals surface area contributed by atoms with Gasteiger partial charge >= 0.3 is 5.97 Å². The Bertz CT molecular complexity index is 678. The van der Waals surface area contributed by atoms with Crippen LogP contribution in [0.2, 0.25) is 5.02 Å². The zero-order valence-corrected chi connectivity index (χ0v) is 13.6. The highest BCUT2D eigenvalue weighted by Crippen LogP contribution is 2.33. The molecular weight excluding hydrogens is 288 g/mol. The van der Waals surface area contributed by atoms with Crippen LogP contribution in [-0.2, 0) is 17.8 Å². The van der Waals surface area contributed by atoms with Crippen LogP contribution >= 0.6 is 11.6 Å². The third-order valence-corrected chi connectivity index (χ3v) is 4.63. The second-order valence-electron chi connectivity index (χ2n) is 5.96. The first kappa shape index (κ1) is 15.8. The van der Waals surface area contributed by atoms with E-state index in [1.165, 1.54) is 0 Å². The second kappa shape index (κ2) is 5.68. The molecule has 5 heteroatoms. The number of nitrogens with zero attached hydrogens (tertiary/aromatic N) is 2. The Hall–Kier alpha value is -1.55. The Morgan fingerprint density at radius 2 is 2.14 bits per heavy atom. The molecule has 1 heterocycles. The van der Waals surface area contributed by atoms with Crippen LogP contribution in [0.15, 0.2) is 18.2 Å². The average Bonchev–Trinajstić information content (AvgIpc) is 2.74. The molecule has 0 aliphatic rings. The maximum absolute atomic E-state index is 11.7. The van der Waals surface area contributed by atoms with Gasteiger partial charge in [0.25, 0.3) is 0 Å². The van der Waals surface area contributed by atoms with E-state index in [4.69, 9.17) is 11.6 Å². The van der Waals surface area contributed by atoms with Crippen molar-refractivity contribution in [1.82, 2.24) is 9.55 Å². The van der Waals surface area contributed by atoms with Crippen LogP contribution in [0.5, 0.6) is 0 Å². The first-order valence-corrected chi connectivity index (χ1v) is 7.55. The minimum Gasteiger partial charge on any atom is -0.481 e. The van der Waals surface area contributed by atoms with E-state index in [1.807, 2.05) is 37.5 Å². The molecule has 2 aromatic rings. The second-order valence-corrected chi connectivity index (χ2v) is 6.40. The smallest absolute Gasteiger partial charge is 0.310 e. The number of carbonyl (C=O) groups is 1. The number of benzene rings is 1. The molecule has 0 radical (unpaired) electrons. The molecule has 1 unspecified atom stereocenters. The molecule has 21 heavy (non-hydrogen) atoms. The van der Waals surface area contributed by atoms with Gasteiger partial charge in [-0.3, -0.25) is 4.79 Å². The number of carboxylic acids is 1. The first-order valence-electron chi connectivity index (χ1n) is 7.17. The number of hydrogen-bond donors (Lipinski definition) is 1. The van der Waals surface area contributed by atoms with Crippen LogP contribution in [0, 0.1) is 11.3 Å². The molecule has 0 spiro atoms. The third-order valence-electron chi connectivity index (χ3n) is 4.39. The van der Waals surface area contributed by atoms with Crippen molar-refractivity contribution < 1.29 is 9.90 Å². The molecule has 0 aliphatic carbocycles. The normalized spacial score (nSPS) is 14.6. The Balaban J connectivity index is 2.54. The van der Waals surface area contributed by atoms with Crippen molar-refractivity contribution in [2.24, 2.45) is 11.3 Å². The zero-order chi connectivity index (χ0) is 15.8. The number of rotatable bonds is 5. The number of aromatic nitrogens is 2. The Morgan fingerprint density at radius 1 is 1.48 bits per heavy atom. The van der Waals surface area contributed by atoms with E-state index in [-0.39, 0.29) is 5.92 Å². The number of imidazole rings is 1. The van der Waals surface area contributed by atoms with Gasteiger partial charge in [-0.1, -0.05) is 25.4 Å². The van der Waals surface area contributed by atoms with E-state index in [1.54, 1.807) is 13.0 Å². The number of carboxylic acid groups (broad SMARTS) is 1. The Labute approximate surface area is 129 Å². The fourth-order valence-electron chi connectivity index (χ4n) is 2.49. The van der Waals surface area contributed by atoms with Crippen LogP contribution in [0.25, 0.3) is 11.0 Å². The lowest BCUT2D eigenvalue weighted by Crippen LogP contribution is -2.36. The molecule has 0 amide bonds. The quantitative estimate of drug-likeness (QED) is 0.908. The predicted molar refractivity (Wildman–Crippen MR) is 84.7 cm³/mol. The molecular formula is C16H21ClN2O2. The average molecular weight is 309 g/mol. The largest absolute Gasteiger partial charge is 0.481 e. The molecule has 0 bridgehead atoms. The summed E-state index contributed by atoms with van der Waals surface area (Å²) in [6, 6.07) is 5.56. The fourth-order valence-corrected chi connectivity index (χ4v) is 2.66. The summed E-state index contributed by atoms with van der Waals surface area (Å²) in [6.45, 7) is 8.42. The summed E-state index contributed by atoms with van der Waals surface area (Å²) in [6.07, 6.45) is 0.403. The molecule has 0 aliphatic heterocycles. The highest BCUT2D eigenvalue weighted by molar-refractivity contribution is 6.31. The molecule has 0 saturated carbocycles. The van der Waals surface area contributed by atoms with Gasteiger partial charge in [-0.05, 0) is 38.0 Å². The monoisotopic (exact) mass is 308 g/mol. The lowest BCUT2D eigenvalue weighted by Gasteiger charge is -2.28. The number of hydrogen-bond acceptors (Lipinski definition) is 2. The standard InChI is InChI=1S/C16H21ClN2O2/c1-5-19-13-8-11(17)6-7-12(13)18-14(19)9-16(4,10(2)3)15(20)21/h6-8,10H,5,9H2,1-4H3,(H,20,21). The molecule has 2 rings (SSSR count). The van der Waals surface area contributed by atoms with Crippen LogP contribution in [-0.4, -0.2) is 20.6 Å². The molecule has 114 valence electrons. The predicted octanol–water partition coefficient (Wildman–Crippen LogP) is 4.00. The van der Waals surface area contributed by atoms with E-state index in [9.17, 15) is 9.90 Å². The van der Waals surface area contributed by atoms with Crippen LogP contribution in [0.4, 0.5) is 0 Å². The summed E-state index contributed by atoms with van der Waals surface area (Å²) < 4.78 is 2.05. The van der Waals surface area contributed by atoms with Crippen LogP contribution < -0.4 is 0 Å². The van der Waals surface area contributed by atoms with Gasteiger partial charge in [-0.25, -0.2) is 4.98 Å². The summed E-state index contributed by atoms with van der Waals surface area (Å²) in [5.41, 5.74) is 0.974. The van der Waals surface area contributed by atoms with Gasteiger partial charge in [0.2, 0.25) is 0 Å². The minimum absolute atomic E-state index is 0.0173. The van der Waals surface area contributed by atoms with Gasteiger partial charge in [0.05, 0.1) is 16.4 Å². The molecule has 1 atom stereocenters. The van der Waals surface area contributed by atoms with Crippen molar-refractivity contribution in [3.05, 3.63) is 29.0 Å². The summed E-state index contributed by atoms with van der Waals surface area (Å²) in [5.74, 6) is 0.0299. The summed E-state index contributed by atoms with van der Waals surface area (Å²) in [5, 5.41) is 10.2. The van der Waals surface area contributed by atoms with Crippen LogP contribution in [0.1, 0.15) is 33.5 Å². The topological polar surface area (TPSA) is 55.1 Å². The summed E-state index contributed by atoms with van der Waals surface area (Å²) in [4.78, 5) is 16.3. The lowest BCUT2D eigenvalue weighted by atomic mass is 9.76. The van der Waals surface area contributed by atoms with Crippen molar-refractivity contribution in [1.29, 1.82) is 0 Å². The van der Waals surface area contributed by atoms with Crippen molar-refractivity contribution in [3.63, 3.8) is 0 Å². The maximum atomic E-state index is 11.7. The van der Waals surface area contributed by atoms with Crippen molar-refractivity contribution in [3.8, 4) is 0 Å². The Kier molecular flexibility index (Phi) is 4.28. The number of fused-ring (bicyclic) bond motifs is 1. The van der Waals surface area contributed by atoms with Gasteiger partial charge in [0.1, 0.15) is 5.82 Å². The van der Waals surface area contributed by atoms with E-state index in [0.717, 1.165) is 23.4 Å². The first-order chi connectivity index (χ1) is 9.79. The SMILES string of the molecule is CCn1c(CC(C)(C(=O)O)C(C)C)nc2ccc(Cl)cc21. The van der Waals surface area contributed by atoms with E-state index in [2.05, 4.69) is 4.98 Å². The summed E-state index contributed by atoms with van der Waals surface area (Å²) >= 11 is 6.06. The van der Waals surface area contributed by atoms with Gasteiger partial charge in [-0.15, -0.1) is 0 Å². The fraction of sp³-hybridized carbons (Fsp3) is 0.500. The number of aryl methyl sites for hydroxylation is 1. The minimum atomic E-state index is -0.835. The van der Waals surface area contributed by atoms with Crippen molar-refractivity contribution in [2.45, 2.75) is 40.7 Å². The molecule has 0 saturated heterocycles. The third kappa shape index (κ3) is 2.77. The molecule has 1 N–H and O–H groups in total. The zero-order valence-electron chi connectivity index (χ0n) is 12.9. The number of halogens is 1. The van der Waals surface area contributed by atoms with E-state index in [0.29, 0.717) is 11.4 Å². The summed E-state index contributed by atoms with van der Waals surface area (Å²) in [7, 11) is 0. The van der Waals surface area contributed by atoms with Crippen LogP contribution in [0.3, 0.4) is 0 Å². The van der Waals surface area contributed by atoms with Gasteiger partial charge in [-0.2, -0.15) is 0 Å². The molecule has 0 fully saturated rings. The molecule has 4 nitrogen and oxygen atoms in total. The van der Waals surface area contributed by atoms with Gasteiger partial charge in [0.15, 0.2) is 0 Å². The molecule has 1 aromatic heterocycles. The highest BCUT2D eigenvalue weighted by atomic mass is 35.5. The maximum Gasteiger partial charge on any atom is 0.310 e. The van der Waals surface area contributed by atoms with E-state index >= 15 is 0 Å². The van der Waals surface area contributed by atoms with E-state index < -0.39 is 11.4 Å². The lowest BCUT2D eigenvalue weighted by molar-refractivity contribution is -0.150. The van der Waals surface area contributed by atoms with Gasteiger partial charge < -0.3 is 9.67 Å². The van der Waals surface area contributed by atoms with Crippen molar-refractivity contribution >= 4 is 28.6 Å². The molecule has 1 aromatic carbocycles. The Morgan fingerprint density at radius 3 is 2.67 bits per heavy atom. The number of aliphatic carboxylic acids is 1. The van der Waals surface area contributed by atoms with Crippen molar-refractivity contribution in [2.75, 3.05) is 0 Å².